The fourth-order valence-corrected chi connectivity index (χ4v) is 2.52. The number of carbonyl (C=O) groups is 2. The first kappa shape index (κ1) is 18.7. The Morgan fingerprint density at radius 1 is 1.14 bits per heavy atom. The maximum atomic E-state index is 11.7. The van der Waals surface area contributed by atoms with Crippen LogP contribution >= 0.6 is 0 Å². The third-order valence-corrected chi connectivity index (χ3v) is 3.69. The summed E-state index contributed by atoms with van der Waals surface area (Å²) in [4.78, 5) is 20.6. The smallest absolute Gasteiger partial charge is 0.475 e. The maximum absolute atomic E-state index is 11.7. The lowest BCUT2D eigenvalue weighted by molar-refractivity contribution is -0.192. The van der Waals surface area contributed by atoms with E-state index in [1.807, 2.05) is 0 Å². The molecule has 0 spiro atoms. The lowest BCUT2D eigenvalue weighted by Crippen LogP contribution is -2.48. The van der Waals surface area contributed by atoms with Gasteiger partial charge in [0.1, 0.15) is 6.10 Å². The van der Waals surface area contributed by atoms with E-state index in [4.69, 9.17) is 9.90 Å². The molecule has 1 amide bonds. The van der Waals surface area contributed by atoms with Crippen molar-refractivity contribution in [2.45, 2.75) is 62.9 Å². The van der Waals surface area contributed by atoms with Crippen LogP contribution in [0.15, 0.2) is 0 Å². The van der Waals surface area contributed by atoms with Crippen LogP contribution in [0.25, 0.3) is 0 Å². The first-order valence-corrected chi connectivity index (χ1v) is 7.23. The van der Waals surface area contributed by atoms with Gasteiger partial charge < -0.3 is 20.8 Å². The molecule has 1 heterocycles. The van der Waals surface area contributed by atoms with E-state index in [-0.39, 0.29) is 11.9 Å². The summed E-state index contributed by atoms with van der Waals surface area (Å²) in [7, 11) is 0. The second kappa shape index (κ2) is 8.33. The van der Waals surface area contributed by atoms with Crippen molar-refractivity contribution >= 4 is 11.9 Å². The van der Waals surface area contributed by atoms with Gasteiger partial charge in [0.15, 0.2) is 0 Å². The first-order valence-electron chi connectivity index (χ1n) is 7.23. The van der Waals surface area contributed by atoms with E-state index in [9.17, 15) is 23.1 Å². The van der Waals surface area contributed by atoms with E-state index >= 15 is 0 Å². The number of hydrogen-bond acceptors (Lipinski definition) is 4. The molecule has 0 bridgehead atoms. The summed E-state index contributed by atoms with van der Waals surface area (Å²) in [5.41, 5.74) is 0. The molecular formula is C13H21F3N2O4. The third kappa shape index (κ3) is 6.18. The molecule has 1 aliphatic carbocycles. The van der Waals surface area contributed by atoms with E-state index in [1.165, 1.54) is 12.8 Å². The van der Waals surface area contributed by atoms with Crippen molar-refractivity contribution in [3.8, 4) is 0 Å². The lowest BCUT2D eigenvalue weighted by atomic mass is 10.1. The molecule has 1 aliphatic heterocycles. The highest BCUT2D eigenvalue weighted by Gasteiger charge is 2.38. The third-order valence-electron chi connectivity index (χ3n) is 3.69. The maximum Gasteiger partial charge on any atom is 0.490 e. The molecule has 0 aromatic rings. The van der Waals surface area contributed by atoms with Gasteiger partial charge in [-0.25, -0.2) is 4.79 Å². The van der Waals surface area contributed by atoms with Crippen molar-refractivity contribution in [3.63, 3.8) is 0 Å². The largest absolute Gasteiger partial charge is 0.490 e. The van der Waals surface area contributed by atoms with E-state index in [2.05, 4.69) is 10.6 Å². The molecule has 0 aromatic heterocycles. The van der Waals surface area contributed by atoms with Gasteiger partial charge in [-0.2, -0.15) is 13.2 Å². The molecule has 9 heteroatoms. The van der Waals surface area contributed by atoms with Crippen molar-refractivity contribution in [2.75, 3.05) is 6.54 Å². The van der Waals surface area contributed by atoms with Gasteiger partial charge in [0, 0.05) is 12.1 Å². The zero-order valence-electron chi connectivity index (χ0n) is 12.0. The van der Waals surface area contributed by atoms with E-state index < -0.39 is 18.2 Å². The summed E-state index contributed by atoms with van der Waals surface area (Å²) >= 11 is 0. The molecule has 2 rings (SSSR count). The van der Waals surface area contributed by atoms with Crippen LogP contribution < -0.4 is 10.6 Å². The fourth-order valence-electron chi connectivity index (χ4n) is 2.52. The van der Waals surface area contributed by atoms with E-state index in [0.717, 1.165) is 32.2 Å². The number of aliphatic hydroxyl groups excluding tert-OH is 1. The molecular weight excluding hydrogens is 305 g/mol. The molecule has 22 heavy (non-hydrogen) atoms. The SMILES string of the molecule is O=C(NC1CCCC1)C(O)C1CCCN1.O=C(O)C(F)(F)F. The van der Waals surface area contributed by atoms with E-state index in [0.29, 0.717) is 6.04 Å². The Morgan fingerprint density at radius 3 is 2.09 bits per heavy atom. The average Bonchev–Trinajstić information content (AvgIpc) is 3.10. The molecule has 6 nitrogen and oxygen atoms in total. The quantitative estimate of drug-likeness (QED) is 0.615. The van der Waals surface area contributed by atoms with Crippen molar-refractivity contribution in [1.29, 1.82) is 0 Å². The second-order valence-electron chi connectivity index (χ2n) is 5.44. The minimum atomic E-state index is -5.08. The van der Waals surface area contributed by atoms with Crippen LogP contribution in [0, 0.1) is 0 Å². The van der Waals surface area contributed by atoms with Crippen LogP contribution in [0.2, 0.25) is 0 Å². The first-order chi connectivity index (χ1) is 10.2. The summed E-state index contributed by atoms with van der Waals surface area (Å²) in [6, 6.07) is 0.264. The number of hydrogen-bond donors (Lipinski definition) is 4. The number of carbonyl (C=O) groups excluding carboxylic acids is 1. The predicted octanol–water partition coefficient (Wildman–Crippen LogP) is 0.791. The van der Waals surface area contributed by atoms with Gasteiger partial charge in [-0.1, -0.05) is 12.8 Å². The van der Waals surface area contributed by atoms with Crippen molar-refractivity contribution in [1.82, 2.24) is 10.6 Å². The summed E-state index contributed by atoms with van der Waals surface area (Å²) in [5, 5.41) is 23.0. The van der Waals surface area contributed by atoms with Crippen LogP contribution in [-0.4, -0.2) is 53.0 Å². The number of carboxylic acid groups (broad SMARTS) is 1. The van der Waals surface area contributed by atoms with Gasteiger partial charge in [-0.3, -0.25) is 4.79 Å². The monoisotopic (exact) mass is 326 g/mol. The normalized spacial score (nSPS) is 23.5. The van der Waals surface area contributed by atoms with Gasteiger partial charge in [0.05, 0.1) is 0 Å². The summed E-state index contributed by atoms with van der Waals surface area (Å²) in [6.07, 6.45) is 0.532. The summed E-state index contributed by atoms with van der Waals surface area (Å²) in [5.74, 6) is -2.95. The Bertz CT molecular complexity index is 378. The fraction of sp³-hybridized carbons (Fsp3) is 0.846. The Morgan fingerprint density at radius 2 is 1.68 bits per heavy atom. The molecule has 2 fully saturated rings. The van der Waals surface area contributed by atoms with Gasteiger partial charge >= 0.3 is 12.1 Å². The van der Waals surface area contributed by atoms with Crippen LogP contribution in [0.5, 0.6) is 0 Å². The molecule has 1 saturated carbocycles. The van der Waals surface area contributed by atoms with Gasteiger partial charge in [0.25, 0.3) is 5.91 Å². The number of halogens is 3. The van der Waals surface area contributed by atoms with Crippen molar-refractivity contribution in [2.24, 2.45) is 0 Å². The summed E-state index contributed by atoms with van der Waals surface area (Å²) in [6.45, 7) is 0.915. The zero-order valence-corrected chi connectivity index (χ0v) is 12.0. The number of aliphatic hydroxyl groups is 1. The van der Waals surface area contributed by atoms with Crippen LogP contribution in [0.4, 0.5) is 13.2 Å². The zero-order chi connectivity index (χ0) is 16.8. The minimum Gasteiger partial charge on any atom is -0.475 e. The highest BCUT2D eigenvalue weighted by molar-refractivity contribution is 5.81. The minimum absolute atomic E-state index is 0.0357. The van der Waals surface area contributed by atoms with Gasteiger partial charge in [-0.15, -0.1) is 0 Å². The van der Waals surface area contributed by atoms with Crippen LogP contribution in [-0.2, 0) is 9.59 Å². The number of rotatable bonds is 3. The Balaban J connectivity index is 0.000000295. The number of amides is 1. The Kier molecular flexibility index (Phi) is 7.08. The second-order valence-corrected chi connectivity index (χ2v) is 5.44. The molecule has 2 unspecified atom stereocenters. The highest BCUT2D eigenvalue weighted by atomic mass is 19.4. The molecule has 0 radical (unpaired) electrons. The molecule has 128 valence electrons. The summed E-state index contributed by atoms with van der Waals surface area (Å²) < 4.78 is 31.7. The van der Waals surface area contributed by atoms with Gasteiger partial charge in [0.2, 0.25) is 0 Å². The van der Waals surface area contributed by atoms with Crippen LogP contribution in [0.1, 0.15) is 38.5 Å². The molecule has 2 aliphatic rings. The molecule has 2 atom stereocenters. The predicted molar refractivity (Wildman–Crippen MR) is 71.1 cm³/mol. The molecule has 0 aromatic carbocycles. The average molecular weight is 326 g/mol. The van der Waals surface area contributed by atoms with Crippen molar-refractivity contribution < 1.29 is 33.0 Å². The number of alkyl halides is 3. The molecule has 4 N–H and O–H groups in total. The Labute approximate surface area is 126 Å². The number of aliphatic carboxylic acids is 1. The van der Waals surface area contributed by atoms with Crippen LogP contribution in [0.3, 0.4) is 0 Å². The molecule has 1 saturated heterocycles. The van der Waals surface area contributed by atoms with Crippen molar-refractivity contribution in [3.05, 3.63) is 0 Å². The standard InChI is InChI=1S/C11H20N2O2.C2HF3O2/c14-10(9-6-3-7-12-9)11(15)13-8-4-1-2-5-8;3-2(4,5)1(6)7/h8-10,12,14H,1-7H2,(H,13,15);(H,6,7). The number of nitrogens with one attached hydrogen (secondary N) is 2. The lowest BCUT2D eigenvalue weighted by Gasteiger charge is -2.20. The van der Waals surface area contributed by atoms with E-state index in [1.54, 1.807) is 0 Å². The van der Waals surface area contributed by atoms with Gasteiger partial charge in [-0.05, 0) is 32.2 Å². The topological polar surface area (TPSA) is 98.7 Å². The Hall–Kier alpha value is -1.35. The highest BCUT2D eigenvalue weighted by Crippen LogP contribution is 2.18. The number of carboxylic acids is 1.